The first kappa shape index (κ1) is 15.9. The Labute approximate surface area is 115 Å². The summed E-state index contributed by atoms with van der Waals surface area (Å²) in [5, 5.41) is 6.70. The molecule has 0 aliphatic rings. The van der Waals surface area contributed by atoms with E-state index < -0.39 is 0 Å². The van der Waals surface area contributed by atoms with Gasteiger partial charge in [-0.25, -0.2) is 4.98 Å². The van der Waals surface area contributed by atoms with Crippen molar-refractivity contribution < 1.29 is 9.47 Å². The lowest BCUT2D eigenvalue weighted by molar-refractivity contribution is 0.0365. The number of rotatable bonds is 10. The molecule has 0 aromatic carbocycles. The van der Waals surface area contributed by atoms with Gasteiger partial charge >= 0.3 is 0 Å². The van der Waals surface area contributed by atoms with Gasteiger partial charge in [-0.05, 0) is 19.0 Å². The number of hydrogen-bond acceptors (Lipinski definition) is 5. The molecule has 0 spiro atoms. The smallest absolute Gasteiger partial charge is 0.130 e. The normalized spacial score (nSPS) is 12.4. The number of aromatic nitrogens is 1. The van der Waals surface area contributed by atoms with Crippen LogP contribution in [0.3, 0.4) is 0 Å². The molecule has 1 heterocycles. The maximum atomic E-state index is 5.32. The third-order valence-electron chi connectivity index (χ3n) is 2.82. The second-order valence-corrected chi connectivity index (χ2v) is 4.38. The van der Waals surface area contributed by atoms with Gasteiger partial charge in [0.05, 0.1) is 12.7 Å². The van der Waals surface area contributed by atoms with Crippen LogP contribution < -0.4 is 10.6 Å². The minimum absolute atomic E-state index is 0.0310. The van der Waals surface area contributed by atoms with Gasteiger partial charge in [-0.1, -0.05) is 13.0 Å². The van der Waals surface area contributed by atoms with Gasteiger partial charge < -0.3 is 20.1 Å². The standard InChI is InChI=1S/C14H25N3O2/c1-4-7-15-9-12-6-5-8-16-14(12)17-10-13(19-3)11-18-2/h5-6,8,13,15H,4,7,9-11H2,1-3H3,(H,16,17). The molecular formula is C14H25N3O2. The summed E-state index contributed by atoms with van der Waals surface area (Å²) in [6.45, 7) is 5.25. The Bertz CT molecular complexity index is 347. The fourth-order valence-corrected chi connectivity index (χ4v) is 1.75. The Morgan fingerprint density at radius 1 is 1.37 bits per heavy atom. The van der Waals surface area contributed by atoms with Crippen molar-refractivity contribution in [2.75, 3.05) is 39.2 Å². The molecule has 0 saturated heterocycles. The van der Waals surface area contributed by atoms with E-state index in [1.54, 1.807) is 20.4 Å². The topological polar surface area (TPSA) is 55.4 Å². The highest BCUT2D eigenvalue weighted by Gasteiger charge is 2.08. The fraction of sp³-hybridized carbons (Fsp3) is 0.643. The molecule has 0 bridgehead atoms. The first-order valence-corrected chi connectivity index (χ1v) is 6.72. The van der Waals surface area contributed by atoms with Crippen LogP contribution in [0.25, 0.3) is 0 Å². The molecule has 19 heavy (non-hydrogen) atoms. The predicted octanol–water partition coefficient (Wildman–Crippen LogP) is 1.65. The van der Waals surface area contributed by atoms with Gasteiger partial charge in [0.15, 0.2) is 0 Å². The van der Waals surface area contributed by atoms with Gasteiger partial charge in [0.1, 0.15) is 5.82 Å². The molecule has 1 aromatic rings. The quantitative estimate of drug-likeness (QED) is 0.631. The zero-order chi connectivity index (χ0) is 13.9. The van der Waals surface area contributed by atoms with Crippen molar-refractivity contribution in [1.29, 1.82) is 0 Å². The molecule has 1 aromatic heterocycles. The van der Waals surface area contributed by atoms with Crippen LogP contribution in [-0.2, 0) is 16.0 Å². The van der Waals surface area contributed by atoms with Crippen LogP contribution in [0, 0.1) is 0 Å². The number of nitrogens with one attached hydrogen (secondary N) is 2. The summed E-state index contributed by atoms with van der Waals surface area (Å²) in [5.74, 6) is 0.907. The van der Waals surface area contributed by atoms with Crippen molar-refractivity contribution >= 4 is 5.82 Å². The zero-order valence-electron chi connectivity index (χ0n) is 12.1. The largest absolute Gasteiger partial charge is 0.382 e. The van der Waals surface area contributed by atoms with E-state index in [2.05, 4.69) is 28.6 Å². The van der Waals surface area contributed by atoms with Gasteiger partial charge in [0.2, 0.25) is 0 Å². The van der Waals surface area contributed by atoms with E-state index in [9.17, 15) is 0 Å². The van der Waals surface area contributed by atoms with E-state index in [-0.39, 0.29) is 6.10 Å². The highest BCUT2D eigenvalue weighted by molar-refractivity contribution is 5.43. The predicted molar refractivity (Wildman–Crippen MR) is 77.4 cm³/mol. The van der Waals surface area contributed by atoms with Crippen molar-refractivity contribution in [2.24, 2.45) is 0 Å². The molecule has 0 fully saturated rings. The molecule has 0 saturated carbocycles. The van der Waals surface area contributed by atoms with Crippen molar-refractivity contribution in [3.8, 4) is 0 Å². The number of nitrogens with zero attached hydrogens (tertiary/aromatic N) is 1. The monoisotopic (exact) mass is 267 g/mol. The third-order valence-corrected chi connectivity index (χ3v) is 2.82. The molecule has 1 rings (SSSR count). The molecule has 2 N–H and O–H groups in total. The first-order valence-electron chi connectivity index (χ1n) is 6.72. The molecule has 0 aliphatic heterocycles. The molecular weight excluding hydrogens is 242 g/mol. The molecule has 0 radical (unpaired) electrons. The lowest BCUT2D eigenvalue weighted by atomic mass is 10.2. The highest BCUT2D eigenvalue weighted by Crippen LogP contribution is 2.11. The average Bonchev–Trinajstić information content (AvgIpc) is 2.45. The molecule has 108 valence electrons. The summed E-state index contributed by atoms with van der Waals surface area (Å²) in [6.07, 6.45) is 2.95. The lowest BCUT2D eigenvalue weighted by Gasteiger charge is -2.17. The van der Waals surface area contributed by atoms with Gasteiger partial charge in [0.25, 0.3) is 0 Å². The molecule has 0 amide bonds. The van der Waals surface area contributed by atoms with Crippen molar-refractivity contribution in [3.05, 3.63) is 23.9 Å². The van der Waals surface area contributed by atoms with Gasteiger partial charge in [0, 0.05) is 39.1 Å². The fourth-order valence-electron chi connectivity index (χ4n) is 1.75. The average molecular weight is 267 g/mol. The SMILES string of the molecule is CCCNCc1cccnc1NCC(COC)OC. The number of hydrogen-bond donors (Lipinski definition) is 2. The van der Waals surface area contributed by atoms with Gasteiger partial charge in [-0.15, -0.1) is 0 Å². The summed E-state index contributed by atoms with van der Waals surface area (Å²) >= 11 is 0. The number of ether oxygens (including phenoxy) is 2. The Kier molecular flexibility index (Phi) is 8.13. The Morgan fingerprint density at radius 3 is 2.89 bits per heavy atom. The minimum atomic E-state index is 0.0310. The maximum Gasteiger partial charge on any atom is 0.130 e. The van der Waals surface area contributed by atoms with Crippen molar-refractivity contribution in [2.45, 2.75) is 26.0 Å². The summed E-state index contributed by atoms with van der Waals surface area (Å²) in [4.78, 5) is 4.38. The highest BCUT2D eigenvalue weighted by atomic mass is 16.5. The molecule has 5 nitrogen and oxygen atoms in total. The number of anilines is 1. The van der Waals surface area contributed by atoms with E-state index in [0.717, 1.165) is 25.3 Å². The van der Waals surface area contributed by atoms with Gasteiger partial charge in [-0.2, -0.15) is 0 Å². The summed E-state index contributed by atoms with van der Waals surface area (Å²) in [7, 11) is 3.36. The van der Waals surface area contributed by atoms with Crippen LogP contribution in [0.1, 0.15) is 18.9 Å². The van der Waals surface area contributed by atoms with Crippen LogP contribution in [0.5, 0.6) is 0 Å². The van der Waals surface area contributed by atoms with Gasteiger partial charge in [-0.3, -0.25) is 0 Å². The van der Waals surface area contributed by atoms with Crippen LogP contribution >= 0.6 is 0 Å². The Hall–Kier alpha value is -1.17. The molecule has 0 aliphatic carbocycles. The number of methoxy groups -OCH3 is 2. The maximum absolute atomic E-state index is 5.32. The van der Waals surface area contributed by atoms with E-state index in [1.807, 2.05) is 6.07 Å². The second kappa shape index (κ2) is 9.72. The minimum Gasteiger partial charge on any atom is -0.382 e. The molecule has 1 unspecified atom stereocenters. The lowest BCUT2D eigenvalue weighted by Crippen LogP contribution is -2.27. The zero-order valence-corrected chi connectivity index (χ0v) is 12.1. The Balaban J connectivity index is 2.51. The summed E-state index contributed by atoms with van der Waals surface area (Å²) in [6, 6.07) is 4.03. The molecule has 5 heteroatoms. The Morgan fingerprint density at radius 2 is 2.21 bits per heavy atom. The second-order valence-electron chi connectivity index (χ2n) is 4.38. The van der Waals surface area contributed by atoms with E-state index in [1.165, 1.54) is 5.56 Å². The van der Waals surface area contributed by atoms with Crippen LogP contribution in [-0.4, -0.2) is 45.0 Å². The van der Waals surface area contributed by atoms with E-state index in [0.29, 0.717) is 13.2 Å². The van der Waals surface area contributed by atoms with Crippen LogP contribution in [0.2, 0.25) is 0 Å². The van der Waals surface area contributed by atoms with Crippen LogP contribution in [0.4, 0.5) is 5.82 Å². The van der Waals surface area contributed by atoms with Crippen LogP contribution in [0.15, 0.2) is 18.3 Å². The molecule has 1 atom stereocenters. The number of pyridine rings is 1. The van der Waals surface area contributed by atoms with Crippen molar-refractivity contribution in [1.82, 2.24) is 10.3 Å². The summed E-state index contributed by atoms with van der Waals surface area (Å²) in [5.41, 5.74) is 1.17. The van der Waals surface area contributed by atoms with E-state index >= 15 is 0 Å². The summed E-state index contributed by atoms with van der Waals surface area (Å²) < 4.78 is 10.4. The van der Waals surface area contributed by atoms with E-state index in [4.69, 9.17) is 9.47 Å². The van der Waals surface area contributed by atoms with Crippen molar-refractivity contribution in [3.63, 3.8) is 0 Å². The third kappa shape index (κ3) is 6.00. The first-order chi connectivity index (χ1) is 9.31.